The molecule has 1 N–H and O–H groups in total. The number of nitrogens with one attached hydrogen (secondary N) is 1. The predicted octanol–water partition coefficient (Wildman–Crippen LogP) is 1.64. The van der Waals surface area contributed by atoms with E-state index in [0.29, 0.717) is 5.82 Å². The Balaban J connectivity index is 2.41. The van der Waals surface area contributed by atoms with E-state index in [4.69, 9.17) is 0 Å². The van der Waals surface area contributed by atoms with Gasteiger partial charge in [-0.2, -0.15) is 5.10 Å². The van der Waals surface area contributed by atoms with Gasteiger partial charge in [0.15, 0.2) is 5.82 Å². The molecule has 0 amide bonds. The van der Waals surface area contributed by atoms with E-state index in [1.807, 2.05) is 24.6 Å². The Bertz CT molecular complexity index is 385. The molecule has 0 unspecified atom stereocenters. The molecule has 2 aromatic rings. The molecule has 2 rings (SSSR count). The summed E-state index contributed by atoms with van der Waals surface area (Å²) in [6.45, 7) is 0. The van der Waals surface area contributed by atoms with Gasteiger partial charge in [-0.05, 0) is 11.4 Å². The lowest BCUT2D eigenvalue weighted by Gasteiger charge is -1.98. The first-order valence-electron chi connectivity index (χ1n) is 3.81. The normalized spacial score (nSPS) is 9.92. The van der Waals surface area contributed by atoms with Crippen molar-refractivity contribution in [2.45, 2.75) is 0 Å². The summed E-state index contributed by atoms with van der Waals surface area (Å²) >= 11 is 1.60. The Morgan fingerprint density at radius 1 is 1.46 bits per heavy atom. The van der Waals surface area contributed by atoms with Crippen LogP contribution in [0.15, 0.2) is 23.7 Å². The first-order chi connectivity index (χ1) is 6.40. The molecule has 0 aliphatic heterocycles. The summed E-state index contributed by atoms with van der Waals surface area (Å²) in [6, 6.07) is 3.94. The first-order valence-corrected chi connectivity index (χ1v) is 4.69. The number of aromatic nitrogens is 3. The van der Waals surface area contributed by atoms with E-state index in [-0.39, 0.29) is 0 Å². The highest BCUT2D eigenvalue weighted by Gasteiger charge is 2.02. The van der Waals surface area contributed by atoms with Crippen molar-refractivity contribution in [2.24, 2.45) is 0 Å². The molecule has 0 saturated heterocycles. The van der Waals surface area contributed by atoms with Crippen LogP contribution in [0.1, 0.15) is 0 Å². The highest BCUT2D eigenvalue weighted by atomic mass is 32.1. The molecule has 0 radical (unpaired) electrons. The van der Waals surface area contributed by atoms with Crippen LogP contribution in [0.2, 0.25) is 0 Å². The van der Waals surface area contributed by atoms with Crippen LogP contribution in [0.25, 0.3) is 10.7 Å². The van der Waals surface area contributed by atoms with Crippen molar-refractivity contribution in [3.05, 3.63) is 23.7 Å². The third kappa shape index (κ3) is 1.65. The summed E-state index contributed by atoms with van der Waals surface area (Å²) in [5, 5.41) is 12.7. The highest BCUT2D eigenvalue weighted by Crippen LogP contribution is 2.20. The van der Waals surface area contributed by atoms with Crippen LogP contribution >= 0.6 is 11.3 Å². The molecule has 4 nitrogen and oxygen atoms in total. The molecule has 0 saturated carbocycles. The SMILES string of the molecule is CNc1cnnc(-c2cccs2)n1. The number of hydrogen-bond donors (Lipinski definition) is 1. The monoisotopic (exact) mass is 192 g/mol. The molecule has 66 valence electrons. The topological polar surface area (TPSA) is 50.7 Å². The van der Waals surface area contributed by atoms with Crippen molar-refractivity contribution in [3.63, 3.8) is 0 Å². The Morgan fingerprint density at radius 2 is 2.38 bits per heavy atom. The maximum absolute atomic E-state index is 4.26. The lowest BCUT2D eigenvalue weighted by atomic mass is 10.4. The van der Waals surface area contributed by atoms with Crippen LogP contribution in [-0.2, 0) is 0 Å². The highest BCUT2D eigenvalue weighted by molar-refractivity contribution is 7.13. The summed E-state index contributed by atoms with van der Waals surface area (Å²) < 4.78 is 0. The lowest BCUT2D eigenvalue weighted by molar-refractivity contribution is 0.985. The second-order valence-electron chi connectivity index (χ2n) is 2.39. The minimum atomic E-state index is 0.668. The summed E-state index contributed by atoms with van der Waals surface area (Å²) in [6.07, 6.45) is 1.59. The van der Waals surface area contributed by atoms with Crippen LogP contribution < -0.4 is 5.32 Å². The van der Waals surface area contributed by atoms with Crippen molar-refractivity contribution < 1.29 is 0 Å². The van der Waals surface area contributed by atoms with E-state index < -0.39 is 0 Å². The van der Waals surface area contributed by atoms with E-state index in [9.17, 15) is 0 Å². The largest absolute Gasteiger partial charge is 0.372 e. The second kappa shape index (κ2) is 3.49. The molecule has 0 bridgehead atoms. The fourth-order valence-electron chi connectivity index (χ4n) is 0.934. The van der Waals surface area contributed by atoms with Crippen molar-refractivity contribution in [1.82, 2.24) is 15.2 Å². The fraction of sp³-hybridized carbons (Fsp3) is 0.125. The maximum Gasteiger partial charge on any atom is 0.193 e. The first kappa shape index (κ1) is 8.12. The van der Waals surface area contributed by atoms with Gasteiger partial charge in [0.25, 0.3) is 0 Å². The Hall–Kier alpha value is -1.49. The molecule has 13 heavy (non-hydrogen) atoms. The van der Waals surface area contributed by atoms with Gasteiger partial charge < -0.3 is 5.32 Å². The third-order valence-corrected chi connectivity index (χ3v) is 2.42. The van der Waals surface area contributed by atoms with E-state index in [2.05, 4.69) is 20.5 Å². The van der Waals surface area contributed by atoms with Gasteiger partial charge in [-0.15, -0.1) is 16.4 Å². The van der Waals surface area contributed by atoms with E-state index >= 15 is 0 Å². The number of nitrogens with zero attached hydrogens (tertiary/aromatic N) is 3. The van der Waals surface area contributed by atoms with Gasteiger partial charge in [0.05, 0.1) is 11.1 Å². The average Bonchev–Trinajstić information content (AvgIpc) is 2.71. The van der Waals surface area contributed by atoms with Gasteiger partial charge in [-0.3, -0.25) is 0 Å². The van der Waals surface area contributed by atoms with Crippen LogP contribution in [-0.4, -0.2) is 22.2 Å². The fourth-order valence-corrected chi connectivity index (χ4v) is 1.59. The van der Waals surface area contributed by atoms with E-state index in [0.717, 1.165) is 10.7 Å². The Morgan fingerprint density at radius 3 is 3.08 bits per heavy atom. The molecule has 2 heterocycles. The molecule has 0 aromatic carbocycles. The molecule has 5 heteroatoms. The zero-order valence-corrected chi connectivity index (χ0v) is 7.88. The van der Waals surface area contributed by atoms with Gasteiger partial charge >= 0.3 is 0 Å². The molecular weight excluding hydrogens is 184 g/mol. The Labute approximate surface area is 79.7 Å². The van der Waals surface area contributed by atoms with Gasteiger partial charge in [-0.1, -0.05) is 6.07 Å². The number of thiophene rings is 1. The summed E-state index contributed by atoms with van der Waals surface area (Å²) in [5.41, 5.74) is 0. The third-order valence-electron chi connectivity index (χ3n) is 1.56. The standard InChI is InChI=1S/C8H8N4S/c1-9-7-5-10-12-8(11-7)6-3-2-4-13-6/h2-5H,1H3,(H,9,11,12). The smallest absolute Gasteiger partial charge is 0.193 e. The predicted molar refractivity (Wildman–Crippen MR) is 52.7 cm³/mol. The summed E-state index contributed by atoms with van der Waals surface area (Å²) in [7, 11) is 1.81. The van der Waals surface area contributed by atoms with Crippen molar-refractivity contribution in [3.8, 4) is 10.7 Å². The lowest BCUT2D eigenvalue weighted by Crippen LogP contribution is -1.97. The second-order valence-corrected chi connectivity index (χ2v) is 3.34. The summed E-state index contributed by atoms with van der Waals surface area (Å²) in [4.78, 5) is 5.29. The van der Waals surface area contributed by atoms with Crippen molar-refractivity contribution >= 4 is 17.2 Å². The quantitative estimate of drug-likeness (QED) is 0.786. The van der Waals surface area contributed by atoms with Gasteiger partial charge in [-0.25, -0.2) is 4.98 Å². The molecular formula is C8H8N4S. The van der Waals surface area contributed by atoms with Crippen LogP contribution in [0.3, 0.4) is 0 Å². The minimum Gasteiger partial charge on any atom is -0.372 e. The molecule has 0 atom stereocenters. The Kier molecular flexibility index (Phi) is 2.18. The number of rotatable bonds is 2. The number of anilines is 1. The van der Waals surface area contributed by atoms with Crippen LogP contribution in [0.5, 0.6) is 0 Å². The molecule has 0 fully saturated rings. The zero-order chi connectivity index (χ0) is 9.10. The summed E-state index contributed by atoms with van der Waals surface area (Å²) in [5.74, 6) is 1.40. The number of hydrogen-bond acceptors (Lipinski definition) is 5. The molecule has 0 aliphatic carbocycles. The molecule has 0 aliphatic rings. The molecule has 2 aromatic heterocycles. The maximum atomic E-state index is 4.26. The van der Waals surface area contributed by atoms with Crippen LogP contribution in [0.4, 0.5) is 5.82 Å². The van der Waals surface area contributed by atoms with Gasteiger partial charge in [0.2, 0.25) is 0 Å². The zero-order valence-electron chi connectivity index (χ0n) is 7.06. The van der Waals surface area contributed by atoms with Crippen molar-refractivity contribution in [1.29, 1.82) is 0 Å². The van der Waals surface area contributed by atoms with Gasteiger partial charge in [0, 0.05) is 7.05 Å². The van der Waals surface area contributed by atoms with Crippen LogP contribution in [0, 0.1) is 0 Å². The minimum absolute atomic E-state index is 0.668. The van der Waals surface area contributed by atoms with E-state index in [1.165, 1.54) is 0 Å². The molecule has 0 spiro atoms. The van der Waals surface area contributed by atoms with E-state index in [1.54, 1.807) is 17.5 Å². The van der Waals surface area contributed by atoms with Crippen molar-refractivity contribution in [2.75, 3.05) is 12.4 Å². The van der Waals surface area contributed by atoms with Gasteiger partial charge in [0.1, 0.15) is 5.82 Å². The average molecular weight is 192 g/mol.